The van der Waals surface area contributed by atoms with Crippen LogP contribution in [0.3, 0.4) is 0 Å². The Kier molecular flexibility index (Phi) is 3.29. The van der Waals surface area contributed by atoms with Crippen LogP contribution in [0.1, 0.15) is 21.6 Å². The molecule has 1 aromatic carbocycles. The molecule has 2 rings (SSSR count). The van der Waals surface area contributed by atoms with Gasteiger partial charge < -0.3 is 9.72 Å². The zero-order chi connectivity index (χ0) is 15.1. The second-order valence-corrected chi connectivity index (χ2v) is 4.22. The second-order valence-electron chi connectivity index (χ2n) is 4.22. The number of benzene rings is 1. The molecular weight excluding hydrogens is 275 g/mol. The maximum absolute atomic E-state index is 12.9. The van der Waals surface area contributed by atoms with E-state index in [1.165, 1.54) is 6.07 Å². The van der Waals surface area contributed by atoms with Crippen LogP contribution >= 0.6 is 0 Å². The number of halogens is 3. The molecule has 2 aromatic rings. The number of aromatic amines is 1. The SMILES string of the molecule is COC(=O)c1cc(=O)c2c(C(F)(F)F)ccc(C)c2[nH]1. The number of esters is 1. The lowest BCUT2D eigenvalue weighted by Gasteiger charge is -2.12. The fourth-order valence-electron chi connectivity index (χ4n) is 1.95. The largest absolute Gasteiger partial charge is 0.464 e. The Balaban J connectivity index is 2.90. The molecule has 0 bridgehead atoms. The number of methoxy groups -OCH3 is 1. The number of carbonyl (C=O) groups is 1. The van der Waals surface area contributed by atoms with Crippen LogP contribution in [0.2, 0.25) is 0 Å². The number of aryl methyl sites for hydroxylation is 1. The lowest BCUT2D eigenvalue weighted by molar-refractivity contribution is -0.136. The van der Waals surface area contributed by atoms with Gasteiger partial charge in [0.05, 0.1) is 23.6 Å². The molecule has 1 N–H and O–H groups in total. The number of H-pyrrole nitrogens is 1. The number of ether oxygens (including phenoxy) is 1. The molecule has 0 radical (unpaired) electrons. The van der Waals surface area contributed by atoms with Crippen molar-refractivity contribution >= 4 is 16.9 Å². The first-order chi connectivity index (χ1) is 9.25. The lowest BCUT2D eigenvalue weighted by atomic mass is 10.0. The first kappa shape index (κ1) is 14.1. The van der Waals surface area contributed by atoms with Crippen molar-refractivity contribution in [2.24, 2.45) is 0 Å². The number of aromatic nitrogens is 1. The van der Waals surface area contributed by atoms with Crippen LogP contribution in [0.5, 0.6) is 0 Å². The average molecular weight is 285 g/mol. The van der Waals surface area contributed by atoms with Crippen molar-refractivity contribution < 1.29 is 22.7 Å². The van der Waals surface area contributed by atoms with E-state index in [0.717, 1.165) is 19.2 Å². The number of hydrogen-bond donors (Lipinski definition) is 1. The molecule has 0 saturated heterocycles. The number of rotatable bonds is 1. The van der Waals surface area contributed by atoms with Gasteiger partial charge in [-0.05, 0) is 18.6 Å². The number of hydrogen-bond acceptors (Lipinski definition) is 3. The van der Waals surface area contributed by atoms with Crippen LogP contribution in [0, 0.1) is 6.92 Å². The summed E-state index contributed by atoms with van der Waals surface area (Å²) in [5.74, 6) is -0.819. The number of fused-ring (bicyclic) bond motifs is 1. The van der Waals surface area contributed by atoms with Gasteiger partial charge in [0.1, 0.15) is 5.69 Å². The second kappa shape index (κ2) is 4.66. The molecule has 0 aliphatic rings. The highest BCUT2D eigenvalue weighted by molar-refractivity contribution is 5.93. The van der Waals surface area contributed by atoms with E-state index < -0.39 is 28.5 Å². The first-order valence-electron chi connectivity index (χ1n) is 5.58. The zero-order valence-electron chi connectivity index (χ0n) is 10.6. The molecule has 4 nitrogen and oxygen atoms in total. The quantitative estimate of drug-likeness (QED) is 0.819. The van der Waals surface area contributed by atoms with Crippen molar-refractivity contribution in [3.63, 3.8) is 0 Å². The smallest absolute Gasteiger partial charge is 0.417 e. The molecule has 20 heavy (non-hydrogen) atoms. The Labute approximate surface area is 111 Å². The van der Waals surface area contributed by atoms with Crippen molar-refractivity contribution in [1.29, 1.82) is 0 Å². The topological polar surface area (TPSA) is 59.2 Å². The Morgan fingerprint density at radius 1 is 1.30 bits per heavy atom. The number of nitrogens with one attached hydrogen (secondary N) is 1. The van der Waals surface area contributed by atoms with Gasteiger partial charge in [0, 0.05) is 6.07 Å². The Morgan fingerprint density at radius 2 is 1.95 bits per heavy atom. The molecule has 7 heteroatoms. The maximum Gasteiger partial charge on any atom is 0.417 e. The molecule has 0 amide bonds. The highest BCUT2D eigenvalue weighted by Crippen LogP contribution is 2.33. The molecule has 0 fully saturated rings. The van der Waals surface area contributed by atoms with Gasteiger partial charge in [-0.2, -0.15) is 13.2 Å². The summed E-state index contributed by atoms with van der Waals surface area (Å²) in [5.41, 5.74) is -1.69. The van der Waals surface area contributed by atoms with Crippen LogP contribution < -0.4 is 5.43 Å². The van der Waals surface area contributed by atoms with E-state index in [1.807, 2.05) is 0 Å². The monoisotopic (exact) mass is 285 g/mol. The fraction of sp³-hybridized carbons (Fsp3) is 0.231. The lowest BCUT2D eigenvalue weighted by Crippen LogP contribution is -2.16. The van der Waals surface area contributed by atoms with Gasteiger partial charge in [-0.3, -0.25) is 4.79 Å². The normalized spacial score (nSPS) is 11.7. The van der Waals surface area contributed by atoms with Crippen LogP contribution in [0.4, 0.5) is 13.2 Å². The molecule has 0 aliphatic heterocycles. The van der Waals surface area contributed by atoms with Gasteiger partial charge in [0.2, 0.25) is 0 Å². The third kappa shape index (κ3) is 2.26. The molecule has 1 heterocycles. The average Bonchev–Trinajstić information content (AvgIpc) is 2.37. The van der Waals surface area contributed by atoms with Gasteiger partial charge in [-0.1, -0.05) is 6.07 Å². The summed E-state index contributed by atoms with van der Waals surface area (Å²) in [4.78, 5) is 25.8. The van der Waals surface area contributed by atoms with E-state index in [4.69, 9.17) is 0 Å². The summed E-state index contributed by atoms with van der Waals surface area (Å²) in [6.07, 6.45) is -4.65. The Morgan fingerprint density at radius 3 is 2.50 bits per heavy atom. The van der Waals surface area contributed by atoms with E-state index in [-0.39, 0.29) is 11.2 Å². The van der Waals surface area contributed by atoms with Crippen molar-refractivity contribution in [3.8, 4) is 0 Å². The van der Waals surface area contributed by atoms with Crippen molar-refractivity contribution in [2.45, 2.75) is 13.1 Å². The summed E-state index contributed by atoms with van der Waals surface area (Å²) in [5, 5.41) is -0.481. The Hall–Kier alpha value is -2.31. The van der Waals surface area contributed by atoms with Crippen molar-refractivity contribution in [2.75, 3.05) is 7.11 Å². The summed E-state index contributed by atoms with van der Waals surface area (Å²) in [6, 6.07) is 2.90. The molecule has 0 saturated carbocycles. The molecule has 0 unspecified atom stereocenters. The highest BCUT2D eigenvalue weighted by atomic mass is 19.4. The maximum atomic E-state index is 12.9. The minimum absolute atomic E-state index is 0.0206. The number of pyridine rings is 1. The minimum atomic E-state index is -4.65. The number of alkyl halides is 3. The van der Waals surface area contributed by atoms with E-state index in [1.54, 1.807) is 6.92 Å². The predicted molar refractivity (Wildman–Crippen MR) is 65.6 cm³/mol. The number of carbonyl (C=O) groups excluding carboxylic acids is 1. The first-order valence-corrected chi connectivity index (χ1v) is 5.58. The van der Waals surface area contributed by atoms with Crippen LogP contribution in [0.25, 0.3) is 10.9 Å². The van der Waals surface area contributed by atoms with E-state index >= 15 is 0 Å². The van der Waals surface area contributed by atoms with Crippen molar-refractivity contribution in [3.05, 3.63) is 45.2 Å². The fourth-order valence-corrected chi connectivity index (χ4v) is 1.95. The van der Waals surface area contributed by atoms with Gasteiger partial charge >= 0.3 is 12.1 Å². The minimum Gasteiger partial charge on any atom is -0.464 e. The van der Waals surface area contributed by atoms with E-state index in [0.29, 0.717) is 5.56 Å². The molecule has 0 spiro atoms. The van der Waals surface area contributed by atoms with E-state index in [9.17, 15) is 22.8 Å². The van der Waals surface area contributed by atoms with Gasteiger partial charge in [0.15, 0.2) is 5.43 Å². The molecule has 106 valence electrons. The van der Waals surface area contributed by atoms with Gasteiger partial charge in [-0.15, -0.1) is 0 Å². The third-order valence-electron chi connectivity index (χ3n) is 2.91. The zero-order valence-corrected chi connectivity index (χ0v) is 10.6. The third-order valence-corrected chi connectivity index (χ3v) is 2.91. The molecule has 0 aliphatic carbocycles. The molecule has 0 atom stereocenters. The van der Waals surface area contributed by atoms with Gasteiger partial charge in [0.25, 0.3) is 0 Å². The van der Waals surface area contributed by atoms with Crippen LogP contribution in [-0.2, 0) is 10.9 Å². The predicted octanol–water partition coefficient (Wildman–Crippen LogP) is 2.64. The van der Waals surface area contributed by atoms with Gasteiger partial charge in [-0.25, -0.2) is 4.79 Å². The summed E-state index contributed by atoms with van der Waals surface area (Å²) in [7, 11) is 1.11. The standard InChI is InChI=1S/C13H10F3NO3/c1-6-3-4-7(13(14,15)16)10-9(18)5-8(12(19)20-2)17-11(6)10/h3-5H,1-2H3,(H,17,18). The molecular formula is C13H10F3NO3. The Bertz CT molecular complexity index is 747. The highest BCUT2D eigenvalue weighted by Gasteiger charge is 2.34. The van der Waals surface area contributed by atoms with Crippen LogP contribution in [0.15, 0.2) is 23.0 Å². The molecule has 1 aromatic heterocycles. The van der Waals surface area contributed by atoms with E-state index in [2.05, 4.69) is 9.72 Å². The summed E-state index contributed by atoms with van der Waals surface area (Å²) < 4.78 is 43.2. The van der Waals surface area contributed by atoms with Crippen LogP contribution in [-0.4, -0.2) is 18.1 Å². The summed E-state index contributed by atoms with van der Waals surface area (Å²) in [6.45, 7) is 1.54. The van der Waals surface area contributed by atoms with Crippen molar-refractivity contribution in [1.82, 2.24) is 4.98 Å². The summed E-state index contributed by atoms with van der Waals surface area (Å²) >= 11 is 0.